The molecule has 154 valence electrons. The topological polar surface area (TPSA) is 62.5 Å². The number of carboxylic acids is 1. The van der Waals surface area contributed by atoms with Crippen LogP contribution in [-0.4, -0.2) is 20.7 Å². The molecule has 0 saturated carbocycles. The molecule has 2 heterocycles. The van der Waals surface area contributed by atoms with Crippen LogP contribution in [0.15, 0.2) is 48.7 Å². The number of aryl methyl sites for hydroxylation is 2. The third-order valence-electron chi connectivity index (χ3n) is 5.21. The Morgan fingerprint density at radius 3 is 2.41 bits per heavy atom. The average molecular weight is 412 g/mol. The highest BCUT2D eigenvalue weighted by Crippen LogP contribution is 2.26. The summed E-state index contributed by atoms with van der Waals surface area (Å²) in [4.78, 5) is 12.4. The van der Waals surface area contributed by atoms with Crippen LogP contribution in [0.5, 0.6) is 5.75 Å². The monoisotopic (exact) mass is 411 g/mol. The van der Waals surface area contributed by atoms with Gasteiger partial charge in [0.15, 0.2) is 0 Å². The van der Waals surface area contributed by atoms with E-state index in [0.29, 0.717) is 10.6 Å². The van der Waals surface area contributed by atoms with E-state index in [1.807, 2.05) is 16.8 Å². The summed E-state index contributed by atoms with van der Waals surface area (Å²) in [5, 5.41) is 19.3. The Morgan fingerprint density at radius 2 is 1.72 bits per heavy atom. The van der Waals surface area contributed by atoms with Gasteiger partial charge in [-0.3, -0.25) is 0 Å². The number of hydrogen-bond donors (Lipinski definition) is 2. The second-order valence-corrected chi connectivity index (χ2v) is 8.59. The van der Waals surface area contributed by atoms with Crippen molar-refractivity contribution in [1.29, 1.82) is 0 Å². The summed E-state index contributed by atoms with van der Waals surface area (Å²) in [6.07, 6.45) is 10.5. The van der Waals surface area contributed by atoms with E-state index < -0.39 is 5.97 Å². The van der Waals surface area contributed by atoms with E-state index in [2.05, 4.69) is 31.2 Å². The molecule has 0 bridgehead atoms. The molecule has 2 N–H and O–H groups in total. The Labute approximate surface area is 176 Å². The largest absolute Gasteiger partial charge is 0.506 e. The van der Waals surface area contributed by atoms with Crippen molar-refractivity contribution in [2.24, 2.45) is 0 Å². The summed E-state index contributed by atoms with van der Waals surface area (Å²) < 4.78 is 2.05. The molecular weight excluding hydrogens is 382 g/mol. The molecule has 0 aliphatic rings. The van der Waals surface area contributed by atoms with Gasteiger partial charge in [-0.25, -0.2) is 4.79 Å². The van der Waals surface area contributed by atoms with Gasteiger partial charge in [0.2, 0.25) is 0 Å². The Kier molecular flexibility index (Phi) is 7.53. The molecule has 0 atom stereocenters. The third kappa shape index (κ3) is 5.73. The first-order chi connectivity index (χ1) is 14.1. The number of benzene rings is 1. The Bertz CT molecular complexity index is 924. The molecule has 3 aromatic rings. The van der Waals surface area contributed by atoms with Crippen molar-refractivity contribution in [2.75, 3.05) is 0 Å². The minimum atomic E-state index is -0.874. The van der Waals surface area contributed by atoms with Crippen molar-refractivity contribution < 1.29 is 15.0 Å². The molecule has 0 radical (unpaired) electrons. The van der Waals surface area contributed by atoms with Gasteiger partial charge in [0, 0.05) is 16.8 Å². The number of carboxylic acid groups (broad SMARTS) is 1. The molecule has 3 rings (SSSR count). The van der Waals surface area contributed by atoms with Crippen LogP contribution in [0.4, 0.5) is 0 Å². The number of rotatable bonds is 11. The van der Waals surface area contributed by atoms with Crippen LogP contribution in [0.3, 0.4) is 0 Å². The summed E-state index contributed by atoms with van der Waals surface area (Å²) in [6.45, 7) is 2.23. The molecule has 0 spiro atoms. The van der Waals surface area contributed by atoms with Crippen LogP contribution in [0.25, 0.3) is 5.69 Å². The summed E-state index contributed by atoms with van der Waals surface area (Å²) in [7, 11) is 0. The molecule has 29 heavy (non-hydrogen) atoms. The quantitative estimate of drug-likeness (QED) is 0.367. The number of aromatic hydroxyl groups is 1. The second-order valence-electron chi connectivity index (χ2n) is 7.42. The average Bonchev–Trinajstić information content (AvgIpc) is 3.33. The van der Waals surface area contributed by atoms with Gasteiger partial charge in [0.25, 0.3) is 0 Å². The van der Waals surface area contributed by atoms with Gasteiger partial charge in [-0.15, -0.1) is 11.3 Å². The van der Waals surface area contributed by atoms with Crippen molar-refractivity contribution >= 4 is 17.3 Å². The van der Waals surface area contributed by atoms with Gasteiger partial charge in [-0.05, 0) is 68.0 Å². The number of aromatic nitrogens is 1. The SMILES string of the molecule is CCCCCCc1ccc(-n2ccc(O)c2CCCc2ccc(C(=O)O)s2)cc1. The van der Waals surface area contributed by atoms with Crippen LogP contribution >= 0.6 is 11.3 Å². The van der Waals surface area contributed by atoms with Crippen LogP contribution < -0.4 is 0 Å². The van der Waals surface area contributed by atoms with Crippen LogP contribution in [-0.2, 0) is 19.3 Å². The lowest BCUT2D eigenvalue weighted by Crippen LogP contribution is -2.00. The Hall–Kier alpha value is -2.53. The maximum atomic E-state index is 11.0. The van der Waals surface area contributed by atoms with Crippen LogP contribution in [0.2, 0.25) is 0 Å². The second kappa shape index (κ2) is 10.3. The Balaban J connectivity index is 1.60. The predicted molar refractivity (Wildman–Crippen MR) is 119 cm³/mol. The van der Waals surface area contributed by atoms with E-state index in [0.717, 1.165) is 41.9 Å². The smallest absolute Gasteiger partial charge is 0.345 e. The number of unbranched alkanes of at least 4 members (excludes halogenated alkanes) is 3. The zero-order valence-corrected chi connectivity index (χ0v) is 17.8. The molecule has 0 aliphatic heterocycles. The standard InChI is InChI=1S/C24H29NO3S/c1-2-3-4-5-7-18-10-12-19(13-11-18)25-17-16-22(26)21(25)9-6-8-20-14-15-23(29-20)24(27)28/h10-17,26H,2-9H2,1H3,(H,27,28). The molecule has 0 amide bonds. The minimum absolute atomic E-state index is 0.311. The van der Waals surface area contributed by atoms with E-state index in [9.17, 15) is 9.90 Å². The first-order valence-electron chi connectivity index (χ1n) is 10.4. The van der Waals surface area contributed by atoms with Gasteiger partial charge >= 0.3 is 5.97 Å². The third-order valence-corrected chi connectivity index (χ3v) is 6.34. The number of nitrogens with zero attached hydrogens (tertiary/aromatic N) is 1. The van der Waals surface area contributed by atoms with E-state index in [1.54, 1.807) is 12.1 Å². The maximum absolute atomic E-state index is 11.0. The lowest BCUT2D eigenvalue weighted by atomic mass is 10.1. The molecule has 5 heteroatoms. The highest BCUT2D eigenvalue weighted by Gasteiger charge is 2.11. The fraction of sp³-hybridized carbons (Fsp3) is 0.375. The number of thiophene rings is 1. The molecule has 0 saturated heterocycles. The first kappa shape index (κ1) is 21.2. The normalized spacial score (nSPS) is 11.1. The summed E-state index contributed by atoms with van der Waals surface area (Å²) >= 11 is 1.33. The van der Waals surface area contributed by atoms with E-state index in [-0.39, 0.29) is 0 Å². The highest BCUT2D eigenvalue weighted by atomic mass is 32.1. The van der Waals surface area contributed by atoms with Crippen molar-refractivity contribution in [3.05, 3.63) is 69.7 Å². The van der Waals surface area contributed by atoms with Crippen molar-refractivity contribution in [3.63, 3.8) is 0 Å². The molecule has 0 aliphatic carbocycles. The fourth-order valence-corrected chi connectivity index (χ4v) is 4.47. The van der Waals surface area contributed by atoms with Gasteiger partial charge < -0.3 is 14.8 Å². The van der Waals surface area contributed by atoms with Crippen molar-refractivity contribution in [1.82, 2.24) is 4.57 Å². The predicted octanol–water partition coefficient (Wildman–Crippen LogP) is 6.24. The molecule has 0 unspecified atom stereocenters. The van der Waals surface area contributed by atoms with Crippen LogP contribution in [0, 0.1) is 0 Å². The van der Waals surface area contributed by atoms with Gasteiger partial charge in [-0.2, -0.15) is 0 Å². The molecule has 0 fully saturated rings. The van der Waals surface area contributed by atoms with Crippen LogP contribution in [0.1, 0.15) is 64.8 Å². The van der Waals surface area contributed by atoms with Gasteiger partial charge in [0.1, 0.15) is 10.6 Å². The Morgan fingerprint density at radius 1 is 0.931 bits per heavy atom. The zero-order valence-electron chi connectivity index (χ0n) is 16.9. The zero-order chi connectivity index (χ0) is 20.6. The van der Waals surface area contributed by atoms with Gasteiger partial charge in [-0.1, -0.05) is 38.3 Å². The lowest BCUT2D eigenvalue weighted by Gasteiger charge is -2.11. The number of hydrogen-bond acceptors (Lipinski definition) is 3. The molecular formula is C24H29NO3S. The summed E-state index contributed by atoms with van der Waals surface area (Å²) in [5.41, 5.74) is 3.31. The molecule has 2 aromatic heterocycles. The number of aromatic carboxylic acids is 1. The fourth-order valence-electron chi connectivity index (χ4n) is 3.58. The van der Waals surface area contributed by atoms with E-state index >= 15 is 0 Å². The lowest BCUT2D eigenvalue weighted by molar-refractivity contribution is 0.0702. The van der Waals surface area contributed by atoms with Crippen molar-refractivity contribution in [2.45, 2.75) is 58.3 Å². The summed E-state index contributed by atoms with van der Waals surface area (Å²) in [6, 6.07) is 13.9. The van der Waals surface area contributed by atoms with Crippen molar-refractivity contribution in [3.8, 4) is 11.4 Å². The minimum Gasteiger partial charge on any atom is -0.506 e. The summed E-state index contributed by atoms with van der Waals surface area (Å²) in [5.74, 6) is -0.562. The molecule has 1 aromatic carbocycles. The maximum Gasteiger partial charge on any atom is 0.345 e. The highest BCUT2D eigenvalue weighted by molar-refractivity contribution is 7.13. The van der Waals surface area contributed by atoms with Gasteiger partial charge in [0.05, 0.1) is 5.69 Å². The molecule has 4 nitrogen and oxygen atoms in total. The first-order valence-corrected chi connectivity index (χ1v) is 11.2. The number of carbonyl (C=O) groups is 1. The van der Waals surface area contributed by atoms with E-state index in [4.69, 9.17) is 5.11 Å². The van der Waals surface area contributed by atoms with E-state index in [1.165, 1.54) is 42.6 Å².